The molecule has 0 spiro atoms. The molecular weight excluding hydrogens is 204 g/mol. The number of carbonyl (C=O) groups excluding carboxylic acids is 1. The van der Waals surface area contributed by atoms with Crippen LogP contribution in [0, 0.1) is 0 Å². The first kappa shape index (κ1) is 17.6. The van der Waals surface area contributed by atoms with Crippen molar-refractivity contribution in [3.63, 3.8) is 0 Å². The third-order valence-corrected chi connectivity index (χ3v) is 1.61. The van der Waals surface area contributed by atoms with Gasteiger partial charge in [0.25, 0.3) is 0 Å². The van der Waals surface area contributed by atoms with Crippen LogP contribution < -0.4 is 0 Å². The summed E-state index contributed by atoms with van der Waals surface area (Å²) in [5.41, 5.74) is 0. The van der Waals surface area contributed by atoms with Crippen molar-refractivity contribution in [2.75, 3.05) is 19.8 Å². The highest BCUT2D eigenvalue weighted by molar-refractivity contribution is 5.81. The molecule has 0 fully saturated rings. The van der Waals surface area contributed by atoms with Crippen molar-refractivity contribution in [2.45, 2.75) is 46.5 Å². The Labute approximate surface area is 99.8 Å². The van der Waals surface area contributed by atoms with Gasteiger partial charge in [-0.3, -0.25) is 0 Å². The normalized spacial score (nSPS) is 8.94. The number of esters is 1. The lowest BCUT2D eigenvalue weighted by Crippen LogP contribution is -2.00. The zero-order chi connectivity index (χ0) is 12.6. The van der Waals surface area contributed by atoms with E-state index in [1.807, 2.05) is 6.92 Å². The van der Waals surface area contributed by atoms with E-state index in [1.54, 1.807) is 0 Å². The van der Waals surface area contributed by atoms with Crippen LogP contribution in [0.15, 0.2) is 12.7 Å². The summed E-state index contributed by atoms with van der Waals surface area (Å²) in [6.45, 7) is 11.9. The fraction of sp³-hybridized carbons (Fsp3) is 0.769. The lowest BCUT2D eigenvalue weighted by Gasteiger charge is -1.97. The Morgan fingerprint density at radius 2 is 1.62 bits per heavy atom. The average Bonchev–Trinajstić information content (AvgIpc) is 2.31. The Balaban J connectivity index is 0. The number of ether oxygens (including phenoxy) is 2. The lowest BCUT2D eigenvalue weighted by molar-refractivity contribution is -0.137. The molecule has 3 nitrogen and oxygen atoms in total. The number of unbranched alkanes of at least 4 members (excludes halogenated alkanes) is 1. The van der Waals surface area contributed by atoms with E-state index >= 15 is 0 Å². The van der Waals surface area contributed by atoms with E-state index in [-0.39, 0.29) is 5.97 Å². The highest BCUT2D eigenvalue weighted by Crippen LogP contribution is 1.88. The Kier molecular flexibility index (Phi) is 18.2. The van der Waals surface area contributed by atoms with Crippen molar-refractivity contribution in [3.05, 3.63) is 12.7 Å². The minimum Gasteiger partial charge on any atom is -0.463 e. The van der Waals surface area contributed by atoms with Crippen LogP contribution in [0.3, 0.4) is 0 Å². The summed E-state index contributed by atoms with van der Waals surface area (Å²) in [5.74, 6) is -0.330. The molecule has 0 rings (SSSR count). The summed E-state index contributed by atoms with van der Waals surface area (Å²) < 4.78 is 9.81. The number of carbonyl (C=O) groups is 1. The minimum atomic E-state index is -0.330. The third-order valence-electron chi connectivity index (χ3n) is 1.61. The van der Waals surface area contributed by atoms with E-state index in [0.717, 1.165) is 38.9 Å². The minimum absolute atomic E-state index is 0.330. The molecule has 3 heteroatoms. The molecular formula is C13H26O3. The molecule has 0 heterocycles. The zero-order valence-corrected chi connectivity index (χ0v) is 11.0. The third kappa shape index (κ3) is 18.9. The van der Waals surface area contributed by atoms with Crippen molar-refractivity contribution < 1.29 is 14.3 Å². The first-order valence-corrected chi connectivity index (χ1v) is 6.09. The smallest absolute Gasteiger partial charge is 0.330 e. The maximum absolute atomic E-state index is 10.3. The molecule has 0 aromatic rings. The van der Waals surface area contributed by atoms with Gasteiger partial charge in [0.1, 0.15) is 0 Å². The van der Waals surface area contributed by atoms with Crippen LogP contribution in [0.1, 0.15) is 46.5 Å². The monoisotopic (exact) mass is 230 g/mol. The number of rotatable bonds is 8. The molecule has 0 atom stereocenters. The lowest BCUT2D eigenvalue weighted by atomic mass is 10.4. The van der Waals surface area contributed by atoms with Gasteiger partial charge in [0.15, 0.2) is 0 Å². The maximum atomic E-state index is 10.3. The first-order valence-electron chi connectivity index (χ1n) is 6.09. The average molecular weight is 230 g/mol. The second-order valence-electron chi connectivity index (χ2n) is 3.34. The van der Waals surface area contributed by atoms with Gasteiger partial charge in [0.2, 0.25) is 0 Å². The van der Waals surface area contributed by atoms with Gasteiger partial charge < -0.3 is 9.47 Å². The van der Waals surface area contributed by atoms with Gasteiger partial charge in [0, 0.05) is 19.3 Å². The maximum Gasteiger partial charge on any atom is 0.330 e. The molecule has 0 radical (unpaired) electrons. The van der Waals surface area contributed by atoms with E-state index in [0.29, 0.717) is 6.61 Å². The van der Waals surface area contributed by atoms with Crippen molar-refractivity contribution >= 4 is 5.97 Å². The summed E-state index contributed by atoms with van der Waals surface area (Å²) >= 11 is 0. The molecule has 96 valence electrons. The van der Waals surface area contributed by atoms with Gasteiger partial charge in [-0.25, -0.2) is 4.79 Å². The molecule has 0 aliphatic carbocycles. The van der Waals surface area contributed by atoms with Crippen LogP contribution in [0.2, 0.25) is 0 Å². The second-order valence-corrected chi connectivity index (χ2v) is 3.34. The first-order chi connectivity index (χ1) is 7.72. The largest absolute Gasteiger partial charge is 0.463 e. The summed E-state index contributed by atoms with van der Waals surface area (Å²) in [6.07, 6.45) is 5.43. The van der Waals surface area contributed by atoms with Crippen LogP contribution in [-0.2, 0) is 14.3 Å². The molecule has 0 aromatic carbocycles. The van der Waals surface area contributed by atoms with Gasteiger partial charge in [-0.1, -0.05) is 33.8 Å². The number of hydrogen-bond donors (Lipinski definition) is 0. The van der Waals surface area contributed by atoms with E-state index in [2.05, 4.69) is 25.2 Å². The summed E-state index contributed by atoms with van der Waals surface area (Å²) in [7, 11) is 0. The Bertz CT molecular complexity index is 151. The van der Waals surface area contributed by atoms with Crippen molar-refractivity contribution in [3.8, 4) is 0 Å². The summed E-state index contributed by atoms with van der Waals surface area (Å²) in [4.78, 5) is 10.3. The highest BCUT2D eigenvalue weighted by atomic mass is 16.5. The van der Waals surface area contributed by atoms with Gasteiger partial charge >= 0.3 is 5.97 Å². The zero-order valence-electron chi connectivity index (χ0n) is 11.0. The highest BCUT2D eigenvalue weighted by Gasteiger charge is 1.91. The molecule has 16 heavy (non-hydrogen) atoms. The molecule has 0 N–H and O–H groups in total. The molecule has 0 saturated heterocycles. The Morgan fingerprint density at radius 3 is 2.00 bits per heavy atom. The molecule has 0 bridgehead atoms. The van der Waals surface area contributed by atoms with E-state index in [9.17, 15) is 4.79 Å². The van der Waals surface area contributed by atoms with E-state index in [4.69, 9.17) is 4.74 Å². The second kappa shape index (κ2) is 16.6. The van der Waals surface area contributed by atoms with Crippen LogP contribution in [-0.4, -0.2) is 25.8 Å². The van der Waals surface area contributed by atoms with Crippen molar-refractivity contribution in [1.82, 2.24) is 0 Å². The van der Waals surface area contributed by atoms with Crippen LogP contribution in [0.4, 0.5) is 0 Å². The van der Waals surface area contributed by atoms with Crippen LogP contribution in [0.5, 0.6) is 0 Å². The predicted molar refractivity (Wildman–Crippen MR) is 67.5 cm³/mol. The molecule has 0 aromatic heterocycles. The van der Waals surface area contributed by atoms with Gasteiger partial charge in [-0.2, -0.15) is 0 Å². The van der Waals surface area contributed by atoms with E-state index in [1.165, 1.54) is 6.08 Å². The molecule has 0 aliphatic rings. The Morgan fingerprint density at radius 1 is 1.06 bits per heavy atom. The fourth-order valence-corrected chi connectivity index (χ4v) is 0.767. The standard InChI is InChI=1S/C7H12O2.C6H14O/c1-3-5-6-9-7(8)4-2;1-3-5-7-6-4-2/h4H,2-3,5-6H2,1H3;3-6H2,1-2H3. The Hall–Kier alpha value is -0.830. The van der Waals surface area contributed by atoms with E-state index < -0.39 is 0 Å². The summed E-state index contributed by atoms with van der Waals surface area (Å²) in [6, 6.07) is 0. The SMILES string of the molecule is C=CC(=O)OCCCC.CCCOCCC. The topological polar surface area (TPSA) is 35.5 Å². The van der Waals surface area contributed by atoms with Gasteiger partial charge in [-0.05, 0) is 19.3 Å². The van der Waals surface area contributed by atoms with Gasteiger partial charge in [-0.15, -0.1) is 0 Å². The number of hydrogen-bond acceptors (Lipinski definition) is 3. The quantitative estimate of drug-likeness (QED) is 0.364. The van der Waals surface area contributed by atoms with Crippen molar-refractivity contribution in [2.24, 2.45) is 0 Å². The molecule has 0 unspecified atom stereocenters. The van der Waals surface area contributed by atoms with Crippen molar-refractivity contribution in [1.29, 1.82) is 0 Å². The predicted octanol–water partition coefficient (Wildman–Crippen LogP) is 3.34. The van der Waals surface area contributed by atoms with Crippen LogP contribution >= 0.6 is 0 Å². The fourth-order valence-electron chi connectivity index (χ4n) is 0.767. The van der Waals surface area contributed by atoms with Gasteiger partial charge in [0.05, 0.1) is 6.61 Å². The molecule has 0 aliphatic heterocycles. The molecule has 0 amide bonds. The summed E-state index contributed by atoms with van der Waals surface area (Å²) in [5, 5.41) is 0. The van der Waals surface area contributed by atoms with Crippen LogP contribution in [0.25, 0.3) is 0 Å². The molecule has 0 saturated carbocycles.